The van der Waals surface area contributed by atoms with Crippen molar-refractivity contribution < 1.29 is 4.79 Å². The molecule has 0 bridgehead atoms. The van der Waals surface area contributed by atoms with E-state index in [1.165, 1.54) is 5.56 Å². The summed E-state index contributed by atoms with van der Waals surface area (Å²) in [5, 5.41) is 3.10. The topological polar surface area (TPSA) is 38.1 Å². The molecular weight excluding hydrogens is 342 g/mol. The number of aromatic nitrogens is 2. The van der Waals surface area contributed by atoms with Crippen LogP contribution in [0.15, 0.2) is 41.8 Å². The van der Waals surface area contributed by atoms with Gasteiger partial charge in [-0.1, -0.05) is 30.3 Å². The van der Waals surface area contributed by atoms with Crippen LogP contribution in [0.25, 0.3) is 11.4 Å². The molecule has 26 heavy (non-hydrogen) atoms. The van der Waals surface area contributed by atoms with Crippen molar-refractivity contribution in [3.05, 3.63) is 63.6 Å². The molecule has 0 radical (unpaired) electrons. The summed E-state index contributed by atoms with van der Waals surface area (Å²) in [4.78, 5) is 19.5. The Morgan fingerprint density at radius 3 is 2.42 bits per heavy atom. The van der Waals surface area contributed by atoms with Gasteiger partial charge < -0.3 is 9.47 Å². The first-order chi connectivity index (χ1) is 12.5. The minimum atomic E-state index is 0.0903. The second-order valence-electron chi connectivity index (χ2n) is 6.33. The van der Waals surface area contributed by atoms with E-state index in [1.54, 1.807) is 11.3 Å². The maximum absolute atomic E-state index is 13.0. The molecule has 0 atom stereocenters. The van der Waals surface area contributed by atoms with E-state index >= 15 is 0 Å². The van der Waals surface area contributed by atoms with Gasteiger partial charge in [-0.3, -0.25) is 4.79 Å². The standard InChI is InChI=1S/C21H25N3OS/c1-5-23(6-2)21(25)18-12-20(19-14-26-16(4)22-19)24(15(18)3)13-17-10-8-7-9-11-17/h7-12,14H,5-6,13H2,1-4H3. The third-order valence-corrected chi connectivity index (χ3v) is 5.49. The lowest BCUT2D eigenvalue weighted by molar-refractivity contribution is 0.0772. The summed E-state index contributed by atoms with van der Waals surface area (Å²) in [5.41, 5.74) is 4.91. The van der Waals surface area contributed by atoms with Gasteiger partial charge in [0.15, 0.2) is 0 Å². The smallest absolute Gasteiger partial charge is 0.255 e. The van der Waals surface area contributed by atoms with Crippen LogP contribution >= 0.6 is 11.3 Å². The average Bonchev–Trinajstić information content (AvgIpc) is 3.21. The van der Waals surface area contributed by atoms with E-state index in [2.05, 4.69) is 27.1 Å². The SMILES string of the molecule is CCN(CC)C(=O)c1cc(-c2csc(C)n2)n(Cc2ccccc2)c1C. The van der Waals surface area contributed by atoms with Crippen molar-refractivity contribution in [2.75, 3.05) is 13.1 Å². The first-order valence-electron chi connectivity index (χ1n) is 9.01. The molecule has 3 rings (SSSR count). The molecule has 0 saturated heterocycles. The molecular formula is C21H25N3OS. The number of benzene rings is 1. The highest BCUT2D eigenvalue weighted by molar-refractivity contribution is 7.09. The van der Waals surface area contributed by atoms with E-state index in [9.17, 15) is 4.79 Å². The molecule has 0 unspecified atom stereocenters. The van der Waals surface area contributed by atoms with Crippen LogP contribution < -0.4 is 0 Å². The molecule has 1 amide bonds. The maximum Gasteiger partial charge on any atom is 0.255 e. The summed E-state index contributed by atoms with van der Waals surface area (Å²) in [6.45, 7) is 10.2. The largest absolute Gasteiger partial charge is 0.339 e. The van der Waals surface area contributed by atoms with Crippen LogP contribution in [0, 0.1) is 13.8 Å². The summed E-state index contributed by atoms with van der Waals surface area (Å²) in [5.74, 6) is 0.0903. The Bertz CT molecular complexity index is 891. The van der Waals surface area contributed by atoms with E-state index in [-0.39, 0.29) is 5.91 Å². The number of aryl methyl sites for hydroxylation is 1. The molecule has 0 N–H and O–H groups in total. The molecule has 4 nitrogen and oxygen atoms in total. The second-order valence-corrected chi connectivity index (χ2v) is 7.39. The van der Waals surface area contributed by atoms with Crippen molar-refractivity contribution in [3.63, 3.8) is 0 Å². The van der Waals surface area contributed by atoms with Gasteiger partial charge >= 0.3 is 0 Å². The molecule has 136 valence electrons. The number of carbonyl (C=O) groups excluding carboxylic acids is 1. The van der Waals surface area contributed by atoms with Gasteiger partial charge in [0.2, 0.25) is 0 Å². The molecule has 5 heteroatoms. The van der Waals surface area contributed by atoms with Crippen LogP contribution in [0.2, 0.25) is 0 Å². The zero-order chi connectivity index (χ0) is 18.7. The molecule has 0 saturated carbocycles. The number of amides is 1. The Balaban J connectivity index is 2.09. The molecule has 0 aliphatic heterocycles. The van der Waals surface area contributed by atoms with Crippen molar-refractivity contribution in [1.82, 2.24) is 14.5 Å². The zero-order valence-electron chi connectivity index (χ0n) is 15.8. The van der Waals surface area contributed by atoms with E-state index in [0.717, 1.165) is 34.2 Å². The Morgan fingerprint density at radius 1 is 1.15 bits per heavy atom. The van der Waals surface area contributed by atoms with Crippen LogP contribution in [-0.4, -0.2) is 33.4 Å². The summed E-state index contributed by atoms with van der Waals surface area (Å²) in [6.07, 6.45) is 0. The number of carbonyl (C=O) groups is 1. The highest BCUT2D eigenvalue weighted by Gasteiger charge is 2.22. The third kappa shape index (κ3) is 3.58. The van der Waals surface area contributed by atoms with Crippen LogP contribution in [-0.2, 0) is 6.54 Å². The quantitative estimate of drug-likeness (QED) is 0.630. The Hall–Kier alpha value is -2.40. The van der Waals surface area contributed by atoms with Crippen LogP contribution in [0.1, 0.15) is 40.5 Å². The lowest BCUT2D eigenvalue weighted by Crippen LogP contribution is -2.30. The van der Waals surface area contributed by atoms with Crippen molar-refractivity contribution in [3.8, 4) is 11.4 Å². The maximum atomic E-state index is 13.0. The van der Waals surface area contributed by atoms with E-state index in [0.29, 0.717) is 13.1 Å². The Kier molecular flexibility index (Phi) is 5.57. The summed E-state index contributed by atoms with van der Waals surface area (Å²) in [7, 11) is 0. The lowest BCUT2D eigenvalue weighted by Gasteiger charge is -2.18. The molecule has 0 spiro atoms. The lowest BCUT2D eigenvalue weighted by atomic mass is 10.2. The monoisotopic (exact) mass is 367 g/mol. The molecule has 1 aromatic carbocycles. The Labute approximate surface area is 159 Å². The normalized spacial score (nSPS) is 10.9. The zero-order valence-corrected chi connectivity index (χ0v) is 16.6. The minimum absolute atomic E-state index is 0.0903. The van der Waals surface area contributed by atoms with Gasteiger partial charge in [0.25, 0.3) is 5.91 Å². The summed E-state index contributed by atoms with van der Waals surface area (Å²) < 4.78 is 2.21. The summed E-state index contributed by atoms with van der Waals surface area (Å²) in [6, 6.07) is 12.3. The van der Waals surface area contributed by atoms with Crippen molar-refractivity contribution in [2.24, 2.45) is 0 Å². The number of rotatable bonds is 6. The predicted octanol–water partition coefficient (Wildman–Crippen LogP) is 4.76. The third-order valence-electron chi connectivity index (χ3n) is 4.71. The Morgan fingerprint density at radius 2 is 1.85 bits per heavy atom. The fraction of sp³-hybridized carbons (Fsp3) is 0.333. The van der Waals surface area contributed by atoms with Gasteiger partial charge in [0, 0.05) is 30.7 Å². The van der Waals surface area contributed by atoms with Crippen LogP contribution in [0.3, 0.4) is 0 Å². The van der Waals surface area contributed by atoms with Gasteiger partial charge in [-0.25, -0.2) is 4.98 Å². The van der Waals surface area contributed by atoms with Gasteiger partial charge in [0.05, 0.1) is 22.0 Å². The van der Waals surface area contributed by atoms with Gasteiger partial charge in [-0.2, -0.15) is 0 Å². The fourth-order valence-corrected chi connectivity index (χ4v) is 3.81. The van der Waals surface area contributed by atoms with E-state index < -0.39 is 0 Å². The van der Waals surface area contributed by atoms with Crippen molar-refractivity contribution in [2.45, 2.75) is 34.2 Å². The number of hydrogen-bond acceptors (Lipinski definition) is 3. The predicted molar refractivity (Wildman–Crippen MR) is 108 cm³/mol. The molecule has 0 fully saturated rings. The number of nitrogens with zero attached hydrogens (tertiary/aromatic N) is 3. The fourth-order valence-electron chi connectivity index (χ4n) is 3.21. The summed E-state index contributed by atoms with van der Waals surface area (Å²) >= 11 is 1.63. The molecule has 0 aliphatic rings. The van der Waals surface area contributed by atoms with Gasteiger partial charge in [-0.15, -0.1) is 11.3 Å². The van der Waals surface area contributed by atoms with Crippen molar-refractivity contribution in [1.29, 1.82) is 0 Å². The van der Waals surface area contributed by atoms with Crippen molar-refractivity contribution >= 4 is 17.2 Å². The van der Waals surface area contributed by atoms with Gasteiger partial charge in [0.1, 0.15) is 0 Å². The highest BCUT2D eigenvalue weighted by atomic mass is 32.1. The van der Waals surface area contributed by atoms with E-state index in [4.69, 9.17) is 0 Å². The number of hydrogen-bond donors (Lipinski definition) is 0. The molecule has 3 aromatic rings. The first-order valence-corrected chi connectivity index (χ1v) is 9.88. The first kappa shape index (κ1) is 18.4. The van der Waals surface area contributed by atoms with Gasteiger partial charge in [-0.05, 0) is 39.3 Å². The molecule has 2 heterocycles. The molecule has 0 aliphatic carbocycles. The molecule has 2 aromatic heterocycles. The minimum Gasteiger partial charge on any atom is -0.339 e. The van der Waals surface area contributed by atoms with E-state index in [1.807, 2.05) is 56.9 Å². The number of thiazole rings is 1. The second kappa shape index (κ2) is 7.87. The van der Waals surface area contributed by atoms with Crippen LogP contribution in [0.5, 0.6) is 0 Å². The highest BCUT2D eigenvalue weighted by Crippen LogP contribution is 2.29. The van der Waals surface area contributed by atoms with Crippen LogP contribution in [0.4, 0.5) is 0 Å². The average molecular weight is 368 g/mol.